The first-order valence-corrected chi connectivity index (χ1v) is 6.08. The molecule has 92 valence electrons. The van der Waals surface area contributed by atoms with Gasteiger partial charge in [-0.3, -0.25) is 4.79 Å². The van der Waals surface area contributed by atoms with E-state index in [1.807, 2.05) is 24.3 Å². The zero-order chi connectivity index (χ0) is 12.1. The molecule has 4 nitrogen and oxygen atoms in total. The molecular weight excluding hydrogens is 214 g/mol. The van der Waals surface area contributed by atoms with Crippen LogP contribution in [0, 0.1) is 5.92 Å². The molecule has 0 aromatic heterocycles. The van der Waals surface area contributed by atoms with Crippen LogP contribution in [0.15, 0.2) is 24.3 Å². The first kappa shape index (κ1) is 11.9. The van der Waals surface area contributed by atoms with Gasteiger partial charge in [0.1, 0.15) is 0 Å². The third kappa shape index (κ3) is 3.46. The normalized spacial score (nSPS) is 19.9. The number of nitrogens with one attached hydrogen (secondary N) is 2. The minimum Gasteiger partial charge on any atom is -0.399 e. The van der Waals surface area contributed by atoms with Crippen molar-refractivity contribution in [1.29, 1.82) is 0 Å². The summed E-state index contributed by atoms with van der Waals surface area (Å²) in [6, 6.07) is 7.58. The Labute approximate surface area is 102 Å². The molecule has 1 aromatic rings. The Balaban J connectivity index is 1.81. The zero-order valence-electron chi connectivity index (χ0n) is 9.91. The molecule has 0 saturated carbocycles. The number of hydrogen-bond acceptors (Lipinski definition) is 3. The average molecular weight is 233 g/mol. The van der Waals surface area contributed by atoms with Gasteiger partial charge in [-0.25, -0.2) is 0 Å². The van der Waals surface area contributed by atoms with Gasteiger partial charge in [-0.2, -0.15) is 0 Å². The molecule has 0 aliphatic carbocycles. The Kier molecular flexibility index (Phi) is 3.98. The number of amides is 1. The van der Waals surface area contributed by atoms with Crippen molar-refractivity contribution in [3.8, 4) is 0 Å². The van der Waals surface area contributed by atoms with Gasteiger partial charge in [0, 0.05) is 18.8 Å². The van der Waals surface area contributed by atoms with E-state index in [1.165, 1.54) is 0 Å². The second kappa shape index (κ2) is 5.68. The maximum absolute atomic E-state index is 11.9. The summed E-state index contributed by atoms with van der Waals surface area (Å²) in [5, 5.41) is 6.21. The van der Waals surface area contributed by atoms with Crippen LogP contribution in [0.3, 0.4) is 0 Å². The molecule has 1 unspecified atom stereocenters. The lowest BCUT2D eigenvalue weighted by Crippen LogP contribution is -2.40. The summed E-state index contributed by atoms with van der Waals surface area (Å²) in [4.78, 5) is 11.9. The van der Waals surface area contributed by atoms with Gasteiger partial charge in [-0.1, -0.05) is 12.1 Å². The van der Waals surface area contributed by atoms with Crippen LogP contribution in [0.25, 0.3) is 0 Å². The highest BCUT2D eigenvalue weighted by molar-refractivity contribution is 5.78. The highest BCUT2D eigenvalue weighted by Crippen LogP contribution is 2.10. The molecule has 1 aliphatic rings. The molecule has 17 heavy (non-hydrogen) atoms. The van der Waals surface area contributed by atoms with Crippen LogP contribution in [0.1, 0.15) is 18.4 Å². The van der Waals surface area contributed by atoms with Crippen molar-refractivity contribution < 1.29 is 4.79 Å². The molecule has 4 heteroatoms. The molecule has 0 spiro atoms. The van der Waals surface area contributed by atoms with Crippen molar-refractivity contribution >= 4 is 11.6 Å². The number of carbonyl (C=O) groups is 1. The van der Waals surface area contributed by atoms with Gasteiger partial charge in [0.25, 0.3) is 0 Å². The van der Waals surface area contributed by atoms with E-state index >= 15 is 0 Å². The Hall–Kier alpha value is -1.55. The monoisotopic (exact) mass is 233 g/mol. The zero-order valence-corrected chi connectivity index (χ0v) is 9.91. The summed E-state index contributed by atoms with van der Waals surface area (Å²) in [5.41, 5.74) is 7.43. The van der Waals surface area contributed by atoms with Crippen LogP contribution in [0.4, 0.5) is 5.69 Å². The number of nitrogen functional groups attached to an aromatic ring is 1. The Bertz CT molecular complexity index is 369. The van der Waals surface area contributed by atoms with Crippen LogP contribution in [0.2, 0.25) is 0 Å². The second-order valence-electron chi connectivity index (χ2n) is 4.50. The van der Waals surface area contributed by atoms with Crippen LogP contribution in [-0.2, 0) is 11.3 Å². The summed E-state index contributed by atoms with van der Waals surface area (Å²) in [7, 11) is 0. The van der Waals surface area contributed by atoms with Crippen LogP contribution in [-0.4, -0.2) is 19.0 Å². The largest absolute Gasteiger partial charge is 0.399 e. The van der Waals surface area contributed by atoms with Gasteiger partial charge in [-0.15, -0.1) is 0 Å². The Morgan fingerprint density at radius 2 is 2.18 bits per heavy atom. The molecular formula is C13H19N3O. The molecule has 4 N–H and O–H groups in total. The number of carbonyl (C=O) groups excluding carboxylic acids is 1. The minimum absolute atomic E-state index is 0.123. The van der Waals surface area contributed by atoms with Crippen LogP contribution < -0.4 is 16.4 Å². The topological polar surface area (TPSA) is 67.1 Å². The van der Waals surface area contributed by atoms with Gasteiger partial charge >= 0.3 is 0 Å². The fraction of sp³-hybridized carbons (Fsp3) is 0.462. The second-order valence-corrected chi connectivity index (χ2v) is 4.50. The SMILES string of the molecule is Nc1ccc(CNC(=O)C2CCCNC2)cc1. The van der Waals surface area contributed by atoms with Crippen LogP contribution in [0.5, 0.6) is 0 Å². The van der Waals surface area contributed by atoms with E-state index in [0.717, 1.165) is 37.2 Å². The van der Waals surface area contributed by atoms with Crippen molar-refractivity contribution in [1.82, 2.24) is 10.6 Å². The lowest BCUT2D eigenvalue weighted by molar-refractivity contribution is -0.125. The maximum Gasteiger partial charge on any atom is 0.224 e. The molecule has 1 aliphatic heterocycles. The van der Waals surface area contributed by atoms with E-state index in [-0.39, 0.29) is 11.8 Å². The van der Waals surface area contributed by atoms with E-state index in [2.05, 4.69) is 10.6 Å². The highest BCUT2D eigenvalue weighted by Gasteiger charge is 2.20. The van der Waals surface area contributed by atoms with E-state index in [0.29, 0.717) is 6.54 Å². The fourth-order valence-electron chi connectivity index (χ4n) is 2.04. The molecule has 0 radical (unpaired) electrons. The Morgan fingerprint density at radius 3 is 2.82 bits per heavy atom. The number of hydrogen-bond donors (Lipinski definition) is 3. The number of piperidine rings is 1. The summed E-state index contributed by atoms with van der Waals surface area (Å²) >= 11 is 0. The van der Waals surface area contributed by atoms with Crippen molar-refractivity contribution in [3.05, 3.63) is 29.8 Å². The van der Waals surface area contributed by atoms with Gasteiger partial charge in [0.2, 0.25) is 5.91 Å². The summed E-state index contributed by atoms with van der Waals surface area (Å²) in [6.07, 6.45) is 2.07. The highest BCUT2D eigenvalue weighted by atomic mass is 16.1. The molecule has 1 aromatic carbocycles. The fourth-order valence-corrected chi connectivity index (χ4v) is 2.04. The smallest absolute Gasteiger partial charge is 0.224 e. The minimum atomic E-state index is 0.123. The van der Waals surface area contributed by atoms with E-state index in [9.17, 15) is 4.79 Å². The Morgan fingerprint density at radius 1 is 1.41 bits per heavy atom. The quantitative estimate of drug-likeness (QED) is 0.679. The van der Waals surface area contributed by atoms with Gasteiger partial charge < -0.3 is 16.4 Å². The molecule has 2 rings (SSSR count). The molecule has 1 heterocycles. The number of nitrogens with two attached hydrogens (primary N) is 1. The average Bonchev–Trinajstić information content (AvgIpc) is 2.39. The van der Waals surface area contributed by atoms with Gasteiger partial charge in [0.15, 0.2) is 0 Å². The van der Waals surface area contributed by atoms with Crippen molar-refractivity contribution in [3.63, 3.8) is 0 Å². The molecule has 1 amide bonds. The third-order valence-corrected chi connectivity index (χ3v) is 3.11. The number of benzene rings is 1. The van der Waals surface area contributed by atoms with E-state index in [4.69, 9.17) is 5.73 Å². The summed E-state index contributed by atoms with van der Waals surface area (Å²) in [6.45, 7) is 2.41. The summed E-state index contributed by atoms with van der Waals surface area (Å²) in [5.74, 6) is 0.270. The van der Waals surface area contributed by atoms with Gasteiger partial charge in [-0.05, 0) is 37.1 Å². The van der Waals surface area contributed by atoms with Gasteiger partial charge in [0.05, 0.1) is 5.92 Å². The summed E-state index contributed by atoms with van der Waals surface area (Å²) < 4.78 is 0. The first-order chi connectivity index (χ1) is 8.25. The van der Waals surface area contributed by atoms with E-state index < -0.39 is 0 Å². The predicted octanol–water partition coefficient (Wildman–Crippen LogP) is 0.885. The lowest BCUT2D eigenvalue weighted by atomic mass is 9.99. The third-order valence-electron chi connectivity index (χ3n) is 3.11. The van der Waals surface area contributed by atoms with Crippen molar-refractivity contribution in [2.45, 2.75) is 19.4 Å². The standard InChI is InChI=1S/C13H19N3O/c14-12-5-3-10(4-6-12)8-16-13(17)11-2-1-7-15-9-11/h3-6,11,15H,1-2,7-9,14H2,(H,16,17). The first-order valence-electron chi connectivity index (χ1n) is 6.08. The maximum atomic E-state index is 11.9. The molecule has 1 fully saturated rings. The number of rotatable bonds is 3. The molecule has 1 atom stereocenters. The lowest BCUT2D eigenvalue weighted by Gasteiger charge is -2.21. The van der Waals surface area contributed by atoms with E-state index in [1.54, 1.807) is 0 Å². The molecule has 0 bridgehead atoms. The predicted molar refractivity (Wildman–Crippen MR) is 68.3 cm³/mol. The molecule has 1 saturated heterocycles. The number of anilines is 1. The van der Waals surface area contributed by atoms with Crippen LogP contribution >= 0.6 is 0 Å². The van der Waals surface area contributed by atoms with Crippen molar-refractivity contribution in [2.75, 3.05) is 18.8 Å². The van der Waals surface area contributed by atoms with Crippen molar-refractivity contribution in [2.24, 2.45) is 5.92 Å².